The topological polar surface area (TPSA) is 105 Å². The van der Waals surface area contributed by atoms with Crippen molar-refractivity contribution in [3.05, 3.63) is 66.7 Å². The molecular weight excluding hydrogens is 340 g/mol. The van der Waals surface area contributed by atoms with E-state index >= 15 is 0 Å². The van der Waals surface area contributed by atoms with Gasteiger partial charge in [-0.15, -0.1) is 0 Å². The average molecular weight is 358 g/mol. The first-order valence-corrected chi connectivity index (χ1v) is 8.13. The maximum Gasteiger partial charge on any atom is 0.273 e. The number of ether oxygens (including phenoxy) is 2. The number of nitrogens with zero attached hydrogens (tertiary/aromatic N) is 2. The fourth-order valence-electron chi connectivity index (χ4n) is 3.36. The molecule has 0 N–H and O–H groups in total. The van der Waals surface area contributed by atoms with Gasteiger partial charge in [-0.25, -0.2) is 0 Å². The molecule has 0 amide bonds. The minimum atomic E-state index is -0.478. The standard InChI is InChI=1S/C18H18N2O6/c1-25-17-9-14-6-4-12-8-15(19(21)22)11(7-16(12)20(23)24)3-5-13(17)10-18(14)26-2/h7-10H,3-6H2,1-2H3. The van der Waals surface area contributed by atoms with Crippen LogP contribution in [0.3, 0.4) is 0 Å². The monoisotopic (exact) mass is 358 g/mol. The van der Waals surface area contributed by atoms with Crippen LogP contribution in [-0.4, -0.2) is 24.1 Å². The van der Waals surface area contributed by atoms with Gasteiger partial charge >= 0.3 is 0 Å². The molecule has 0 heterocycles. The molecule has 8 heteroatoms. The van der Waals surface area contributed by atoms with Gasteiger partial charge in [0.1, 0.15) is 11.5 Å². The fourth-order valence-corrected chi connectivity index (χ4v) is 3.36. The van der Waals surface area contributed by atoms with E-state index < -0.39 is 9.85 Å². The predicted octanol–water partition coefficient (Wildman–Crippen LogP) is 3.40. The van der Waals surface area contributed by atoms with Gasteiger partial charge in [0.05, 0.1) is 24.1 Å². The number of nitro groups is 2. The third-order valence-electron chi connectivity index (χ3n) is 4.68. The predicted molar refractivity (Wildman–Crippen MR) is 94.1 cm³/mol. The Labute approximate surface area is 149 Å². The molecule has 4 aliphatic carbocycles. The van der Waals surface area contributed by atoms with Crippen LogP contribution in [0.1, 0.15) is 22.3 Å². The Bertz CT molecular complexity index is 820. The van der Waals surface area contributed by atoms with E-state index in [2.05, 4.69) is 0 Å². The fraction of sp³-hybridized carbons (Fsp3) is 0.333. The quantitative estimate of drug-likeness (QED) is 0.613. The molecule has 0 unspecified atom stereocenters. The maximum atomic E-state index is 11.4. The second-order valence-corrected chi connectivity index (χ2v) is 6.10. The zero-order valence-electron chi connectivity index (χ0n) is 14.5. The van der Waals surface area contributed by atoms with Crippen LogP contribution in [0.2, 0.25) is 0 Å². The average Bonchev–Trinajstić information content (AvgIpc) is 2.62. The van der Waals surface area contributed by atoms with Crippen molar-refractivity contribution in [1.29, 1.82) is 0 Å². The lowest BCUT2D eigenvalue weighted by molar-refractivity contribution is -0.390. The lowest BCUT2D eigenvalue weighted by Gasteiger charge is -2.17. The van der Waals surface area contributed by atoms with Gasteiger partial charge in [-0.05, 0) is 48.9 Å². The lowest BCUT2D eigenvalue weighted by Crippen LogP contribution is -2.07. The molecular formula is C18H18N2O6. The van der Waals surface area contributed by atoms with Gasteiger partial charge < -0.3 is 9.47 Å². The highest BCUT2D eigenvalue weighted by atomic mass is 16.6. The van der Waals surface area contributed by atoms with Crippen LogP contribution < -0.4 is 9.47 Å². The van der Waals surface area contributed by atoms with Gasteiger partial charge in [0.2, 0.25) is 0 Å². The molecule has 2 aromatic carbocycles. The summed E-state index contributed by atoms with van der Waals surface area (Å²) in [6.45, 7) is 0. The Morgan fingerprint density at radius 3 is 1.35 bits per heavy atom. The van der Waals surface area contributed by atoms with Crippen LogP contribution in [0.15, 0.2) is 24.3 Å². The number of benzene rings is 2. The zero-order valence-corrected chi connectivity index (χ0v) is 14.5. The van der Waals surface area contributed by atoms with Crippen molar-refractivity contribution in [3.63, 3.8) is 0 Å². The summed E-state index contributed by atoms with van der Waals surface area (Å²) in [5, 5.41) is 22.9. The number of rotatable bonds is 4. The van der Waals surface area contributed by atoms with E-state index in [0.29, 0.717) is 35.5 Å². The van der Waals surface area contributed by atoms with Crippen LogP contribution in [-0.2, 0) is 25.7 Å². The Balaban J connectivity index is 2.19. The first-order valence-electron chi connectivity index (χ1n) is 8.13. The largest absolute Gasteiger partial charge is 0.496 e. The highest BCUT2D eigenvalue weighted by Crippen LogP contribution is 2.36. The van der Waals surface area contributed by atoms with Crippen LogP contribution in [0, 0.1) is 20.2 Å². The Hall–Kier alpha value is -3.16. The van der Waals surface area contributed by atoms with E-state index in [0.717, 1.165) is 11.1 Å². The van der Waals surface area contributed by atoms with Gasteiger partial charge in [0, 0.05) is 23.3 Å². The first-order chi connectivity index (χ1) is 12.4. The van der Waals surface area contributed by atoms with Crippen molar-refractivity contribution in [1.82, 2.24) is 0 Å². The molecule has 26 heavy (non-hydrogen) atoms. The highest BCUT2D eigenvalue weighted by Gasteiger charge is 2.25. The molecule has 6 rings (SSSR count). The highest BCUT2D eigenvalue weighted by molar-refractivity contribution is 5.56. The van der Waals surface area contributed by atoms with Crippen molar-refractivity contribution in [2.75, 3.05) is 14.2 Å². The van der Waals surface area contributed by atoms with Gasteiger partial charge in [-0.2, -0.15) is 0 Å². The number of nitro benzene ring substituents is 2. The summed E-state index contributed by atoms with van der Waals surface area (Å²) >= 11 is 0. The molecule has 4 bridgehead atoms. The summed E-state index contributed by atoms with van der Waals surface area (Å²) in [5.41, 5.74) is 2.22. The lowest BCUT2D eigenvalue weighted by atomic mass is 9.93. The van der Waals surface area contributed by atoms with Crippen molar-refractivity contribution in [2.45, 2.75) is 25.7 Å². The first kappa shape index (κ1) is 17.7. The minimum Gasteiger partial charge on any atom is -0.496 e. The number of aryl methyl sites for hydroxylation is 4. The van der Waals surface area contributed by atoms with Crippen LogP contribution >= 0.6 is 0 Å². The molecule has 0 aliphatic heterocycles. The third kappa shape index (κ3) is 3.17. The molecule has 0 atom stereocenters. The summed E-state index contributed by atoms with van der Waals surface area (Å²) in [5.74, 6) is 1.38. The molecule has 0 spiro atoms. The van der Waals surface area contributed by atoms with Gasteiger partial charge in [-0.3, -0.25) is 20.2 Å². The summed E-state index contributed by atoms with van der Waals surface area (Å²) in [6.07, 6.45) is 1.46. The van der Waals surface area contributed by atoms with Gasteiger partial charge in [0.25, 0.3) is 11.4 Å². The van der Waals surface area contributed by atoms with Gasteiger partial charge in [-0.1, -0.05) is 0 Å². The number of methoxy groups -OCH3 is 2. The molecule has 0 fully saturated rings. The Morgan fingerprint density at radius 2 is 1.04 bits per heavy atom. The van der Waals surface area contributed by atoms with Crippen LogP contribution in [0.5, 0.6) is 11.5 Å². The molecule has 4 aliphatic rings. The Kier molecular flexibility index (Phi) is 4.75. The van der Waals surface area contributed by atoms with E-state index in [1.54, 1.807) is 14.2 Å². The molecule has 2 aromatic rings. The van der Waals surface area contributed by atoms with E-state index in [-0.39, 0.29) is 24.2 Å². The SMILES string of the molecule is COc1cc2c(OC)cc1CCc1cc([N+](=O)[O-])c(cc1[N+](=O)[O-])CC2. The van der Waals surface area contributed by atoms with Crippen LogP contribution in [0.4, 0.5) is 11.4 Å². The molecule has 0 saturated carbocycles. The second kappa shape index (κ2) is 6.99. The molecule has 8 nitrogen and oxygen atoms in total. The maximum absolute atomic E-state index is 11.4. The normalized spacial score (nSPS) is 13.0. The number of hydrogen-bond donors (Lipinski definition) is 0. The molecule has 0 radical (unpaired) electrons. The van der Waals surface area contributed by atoms with E-state index in [1.165, 1.54) is 12.1 Å². The molecule has 136 valence electrons. The van der Waals surface area contributed by atoms with Crippen LogP contribution in [0.25, 0.3) is 0 Å². The Morgan fingerprint density at radius 1 is 0.692 bits per heavy atom. The number of hydrogen-bond acceptors (Lipinski definition) is 6. The van der Waals surface area contributed by atoms with Crippen molar-refractivity contribution < 1.29 is 19.3 Å². The summed E-state index contributed by atoms with van der Waals surface area (Å²) in [7, 11) is 3.14. The molecule has 0 saturated heterocycles. The summed E-state index contributed by atoms with van der Waals surface area (Å²) in [6, 6.07) is 6.43. The van der Waals surface area contributed by atoms with Crippen molar-refractivity contribution in [2.24, 2.45) is 0 Å². The third-order valence-corrected chi connectivity index (χ3v) is 4.68. The second-order valence-electron chi connectivity index (χ2n) is 6.10. The van der Waals surface area contributed by atoms with E-state index in [1.807, 2.05) is 12.1 Å². The summed E-state index contributed by atoms with van der Waals surface area (Å²) < 4.78 is 10.9. The van der Waals surface area contributed by atoms with E-state index in [9.17, 15) is 20.2 Å². The minimum absolute atomic E-state index is 0.0773. The van der Waals surface area contributed by atoms with Crippen molar-refractivity contribution >= 4 is 11.4 Å². The van der Waals surface area contributed by atoms with Crippen molar-refractivity contribution in [3.8, 4) is 11.5 Å². The smallest absolute Gasteiger partial charge is 0.273 e. The van der Waals surface area contributed by atoms with Gasteiger partial charge in [0.15, 0.2) is 0 Å². The summed E-state index contributed by atoms with van der Waals surface area (Å²) in [4.78, 5) is 21.9. The molecule has 0 aromatic heterocycles. The zero-order chi connectivity index (χ0) is 18.8. The van der Waals surface area contributed by atoms with E-state index in [4.69, 9.17) is 9.47 Å².